The number of hydrogen-bond donors (Lipinski definition) is 1. The summed E-state index contributed by atoms with van der Waals surface area (Å²) < 4.78 is 43.7. The first kappa shape index (κ1) is 20.1. The third kappa shape index (κ3) is 3.92. The molecule has 4 rings (SSSR count). The van der Waals surface area contributed by atoms with Gasteiger partial charge >= 0.3 is 0 Å². The highest BCUT2D eigenvalue weighted by molar-refractivity contribution is 5.77. The normalized spacial score (nSPS) is 14.6. The van der Waals surface area contributed by atoms with Crippen molar-refractivity contribution in [1.82, 2.24) is 29.7 Å². The number of aromatic nitrogens is 5. The number of carbonyl (C=O) groups excluding carboxylic acids is 1. The summed E-state index contributed by atoms with van der Waals surface area (Å²) >= 11 is 0. The van der Waals surface area contributed by atoms with E-state index >= 15 is 0 Å². The monoisotopic (exact) mass is 419 g/mol. The van der Waals surface area contributed by atoms with Crippen LogP contribution in [-0.4, -0.2) is 48.2 Å². The molecular weight excluding hydrogens is 399 g/mol. The minimum atomic E-state index is -1.26. The maximum Gasteiger partial charge on any atom is 0.224 e. The quantitative estimate of drug-likeness (QED) is 0.631. The van der Waals surface area contributed by atoms with E-state index in [1.165, 1.54) is 0 Å². The molecule has 30 heavy (non-hydrogen) atoms. The van der Waals surface area contributed by atoms with E-state index in [2.05, 4.69) is 15.4 Å². The number of aryl methyl sites for hydroxylation is 1. The standard InChI is InChI=1S/C19H20F3N7O/c1-27-3-2-16(25-27)19-17-10-28(4-5-29(17)26-24-19)18(30)8-12(23)6-11-7-14(21)15(22)9-13(11)20/h2-3,7,9,12H,4-6,8,10,23H2,1H3/t12-/m1/s1. The molecule has 0 radical (unpaired) electrons. The van der Waals surface area contributed by atoms with Crippen molar-refractivity contribution in [2.45, 2.75) is 32.0 Å². The maximum absolute atomic E-state index is 13.8. The fraction of sp³-hybridized carbons (Fsp3) is 0.368. The highest BCUT2D eigenvalue weighted by atomic mass is 19.2. The molecule has 2 N–H and O–H groups in total. The van der Waals surface area contributed by atoms with Crippen molar-refractivity contribution >= 4 is 5.91 Å². The van der Waals surface area contributed by atoms with Crippen LogP contribution in [-0.2, 0) is 31.4 Å². The molecule has 0 spiro atoms. The third-order valence-corrected chi connectivity index (χ3v) is 5.08. The predicted octanol–water partition coefficient (Wildman–Crippen LogP) is 1.40. The molecule has 1 aliphatic rings. The number of carbonyl (C=O) groups is 1. The lowest BCUT2D eigenvalue weighted by atomic mass is 10.0. The first-order valence-corrected chi connectivity index (χ1v) is 9.41. The SMILES string of the molecule is Cn1ccc(-c2nnn3c2CN(C(=O)C[C@H](N)Cc2cc(F)c(F)cc2F)CC3)n1. The van der Waals surface area contributed by atoms with E-state index in [1.807, 2.05) is 6.07 Å². The first-order chi connectivity index (χ1) is 14.3. The van der Waals surface area contributed by atoms with E-state index in [-0.39, 0.29) is 24.3 Å². The average Bonchev–Trinajstić information content (AvgIpc) is 3.31. The molecule has 1 atom stereocenters. The number of fused-ring (bicyclic) bond motifs is 1. The number of amides is 1. The fourth-order valence-electron chi connectivity index (χ4n) is 3.53. The minimum absolute atomic E-state index is 0.0566. The van der Waals surface area contributed by atoms with Crippen LogP contribution in [0.5, 0.6) is 0 Å². The summed E-state index contributed by atoms with van der Waals surface area (Å²) in [5.74, 6) is -3.51. The van der Waals surface area contributed by atoms with Gasteiger partial charge in [-0.05, 0) is 24.1 Å². The van der Waals surface area contributed by atoms with Crippen molar-refractivity contribution in [2.24, 2.45) is 12.8 Å². The van der Waals surface area contributed by atoms with Crippen molar-refractivity contribution < 1.29 is 18.0 Å². The summed E-state index contributed by atoms with van der Waals surface area (Å²) in [5, 5.41) is 12.6. The lowest BCUT2D eigenvalue weighted by molar-refractivity contribution is -0.133. The van der Waals surface area contributed by atoms with Crippen LogP contribution in [0.4, 0.5) is 13.2 Å². The van der Waals surface area contributed by atoms with Crippen LogP contribution in [0.1, 0.15) is 17.7 Å². The van der Waals surface area contributed by atoms with E-state index in [1.54, 1.807) is 27.5 Å². The van der Waals surface area contributed by atoms with Gasteiger partial charge in [-0.2, -0.15) is 5.10 Å². The summed E-state index contributed by atoms with van der Waals surface area (Å²) in [6.07, 6.45) is 1.66. The Bertz CT molecular complexity index is 1090. The Morgan fingerprint density at radius 3 is 2.70 bits per heavy atom. The Labute approximate surface area is 170 Å². The van der Waals surface area contributed by atoms with Crippen molar-refractivity contribution in [3.63, 3.8) is 0 Å². The number of hydrogen-bond acceptors (Lipinski definition) is 5. The van der Waals surface area contributed by atoms with Gasteiger partial charge in [-0.3, -0.25) is 9.48 Å². The Balaban J connectivity index is 1.43. The molecule has 2 aromatic heterocycles. The van der Waals surface area contributed by atoms with Gasteiger partial charge in [0.25, 0.3) is 0 Å². The molecule has 1 aliphatic heterocycles. The Morgan fingerprint density at radius 1 is 1.20 bits per heavy atom. The molecule has 3 aromatic rings. The lowest BCUT2D eigenvalue weighted by Crippen LogP contribution is -2.41. The Kier molecular flexibility index (Phi) is 5.29. The number of rotatable bonds is 5. The molecule has 0 saturated heterocycles. The molecule has 158 valence electrons. The van der Waals surface area contributed by atoms with Gasteiger partial charge in [-0.1, -0.05) is 5.21 Å². The van der Waals surface area contributed by atoms with Crippen LogP contribution < -0.4 is 5.73 Å². The minimum Gasteiger partial charge on any atom is -0.335 e. The van der Waals surface area contributed by atoms with Gasteiger partial charge < -0.3 is 10.6 Å². The topological polar surface area (TPSA) is 94.9 Å². The van der Waals surface area contributed by atoms with E-state index in [0.717, 1.165) is 11.8 Å². The van der Waals surface area contributed by atoms with Gasteiger partial charge in [-0.15, -0.1) is 5.10 Å². The van der Waals surface area contributed by atoms with Crippen LogP contribution >= 0.6 is 0 Å². The predicted molar refractivity (Wildman–Crippen MR) is 100 cm³/mol. The third-order valence-electron chi connectivity index (χ3n) is 5.08. The van der Waals surface area contributed by atoms with Gasteiger partial charge in [0.2, 0.25) is 5.91 Å². The second kappa shape index (κ2) is 7.90. The van der Waals surface area contributed by atoms with Crippen LogP contribution in [0.15, 0.2) is 24.4 Å². The second-order valence-corrected chi connectivity index (χ2v) is 7.32. The Morgan fingerprint density at radius 2 is 1.97 bits per heavy atom. The summed E-state index contributed by atoms with van der Waals surface area (Å²) in [6, 6.07) is 2.34. The van der Waals surface area contributed by atoms with E-state index < -0.39 is 23.5 Å². The molecule has 3 heterocycles. The molecule has 0 bridgehead atoms. The summed E-state index contributed by atoms with van der Waals surface area (Å²) in [7, 11) is 1.80. The zero-order valence-electron chi connectivity index (χ0n) is 16.2. The molecule has 0 unspecified atom stereocenters. The number of nitrogens with two attached hydrogens (primary N) is 1. The zero-order chi connectivity index (χ0) is 21.4. The summed E-state index contributed by atoms with van der Waals surface area (Å²) in [4.78, 5) is 14.4. The van der Waals surface area contributed by atoms with Crippen LogP contribution in [0.25, 0.3) is 11.4 Å². The molecule has 11 heteroatoms. The zero-order valence-corrected chi connectivity index (χ0v) is 16.2. The maximum atomic E-state index is 13.8. The van der Waals surface area contributed by atoms with Crippen LogP contribution in [0.3, 0.4) is 0 Å². The average molecular weight is 419 g/mol. The number of halogens is 3. The Hall–Kier alpha value is -3.21. The highest BCUT2D eigenvalue weighted by Gasteiger charge is 2.27. The summed E-state index contributed by atoms with van der Waals surface area (Å²) in [5.41, 5.74) is 7.98. The molecule has 8 nitrogen and oxygen atoms in total. The molecular formula is C19H20F3N7O. The summed E-state index contributed by atoms with van der Waals surface area (Å²) in [6.45, 7) is 1.21. The smallest absolute Gasteiger partial charge is 0.224 e. The van der Waals surface area contributed by atoms with E-state index in [4.69, 9.17) is 5.73 Å². The number of benzene rings is 1. The lowest BCUT2D eigenvalue weighted by Gasteiger charge is -2.28. The van der Waals surface area contributed by atoms with Crippen molar-refractivity contribution in [1.29, 1.82) is 0 Å². The second-order valence-electron chi connectivity index (χ2n) is 7.32. The van der Waals surface area contributed by atoms with Gasteiger partial charge in [0.1, 0.15) is 17.2 Å². The van der Waals surface area contributed by atoms with Gasteiger partial charge in [0, 0.05) is 38.3 Å². The van der Waals surface area contributed by atoms with Gasteiger partial charge in [0.15, 0.2) is 11.6 Å². The largest absolute Gasteiger partial charge is 0.335 e. The van der Waals surface area contributed by atoms with Gasteiger partial charge in [-0.25, -0.2) is 17.9 Å². The van der Waals surface area contributed by atoms with Crippen molar-refractivity contribution in [3.8, 4) is 11.4 Å². The molecule has 0 fully saturated rings. The van der Waals surface area contributed by atoms with E-state index in [0.29, 0.717) is 37.1 Å². The number of nitrogens with zero attached hydrogens (tertiary/aromatic N) is 6. The van der Waals surface area contributed by atoms with Crippen LogP contribution in [0, 0.1) is 17.5 Å². The molecule has 0 saturated carbocycles. The fourth-order valence-corrected chi connectivity index (χ4v) is 3.53. The highest BCUT2D eigenvalue weighted by Crippen LogP contribution is 2.24. The molecule has 1 amide bonds. The van der Waals surface area contributed by atoms with Crippen molar-refractivity contribution in [2.75, 3.05) is 6.54 Å². The van der Waals surface area contributed by atoms with Crippen LogP contribution in [0.2, 0.25) is 0 Å². The molecule has 1 aromatic carbocycles. The van der Waals surface area contributed by atoms with E-state index in [9.17, 15) is 18.0 Å². The molecule has 0 aliphatic carbocycles. The van der Waals surface area contributed by atoms with Crippen molar-refractivity contribution in [3.05, 3.63) is 53.1 Å². The first-order valence-electron chi connectivity index (χ1n) is 9.41. The van der Waals surface area contributed by atoms with Gasteiger partial charge in [0.05, 0.1) is 18.8 Å².